The summed E-state index contributed by atoms with van der Waals surface area (Å²) in [6.45, 7) is 5.10. The van der Waals surface area contributed by atoms with Gasteiger partial charge in [-0.1, -0.05) is 30.7 Å². The number of hydrogen-bond acceptors (Lipinski definition) is 3. The molecule has 3 unspecified atom stereocenters. The van der Waals surface area contributed by atoms with Crippen LogP contribution in [-0.2, 0) is 14.8 Å². The van der Waals surface area contributed by atoms with Crippen LogP contribution in [-0.4, -0.2) is 37.5 Å². The van der Waals surface area contributed by atoms with Crippen molar-refractivity contribution in [2.75, 3.05) is 13.1 Å². The van der Waals surface area contributed by atoms with Gasteiger partial charge in [0.15, 0.2) is 0 Å². The van der Waals surface area contributed by atoms with Crippen LogP contribution in [0, 0.1) is 12.3 Å². The summed E-state index contributed by atoms with van der Waals surface area (Å²) in [5, 5.41) is 0. The number of hydrogen-bond donors (Lipinski definition) is 0. The standard InChI is InChI=1S/C20H23NO3S/c1-14-6-8-16(9-7-14)25(22,23)21-12-19(2)11-18-17-5-3-4-15(17)10-20(19,13-21)24-18/h5-10,18H,3-4,11-13H2,1-2H3. The smallest absolute Gasteiger partial charge is 0.243 e. The summed E-state index contributed by atoms with van der Waals surface area (Å²) in [7, 11) is -3.49. The van der Waals surface area contributed by atoms with Gasteiger partial charge in [-0.3, -0.25) is 0 Å². The van der Waals surface area contributed by atoms with Gasteiger partial charge in [-0.05, 0) is 55.5 Å². The number of rotatable bonds is 2. The molecule has 3 atom stereocenters. The second kappa shape index (κ2) is 4.84. The first-order valence-corrected chi connectivity index (χ1v) is 10.4. The maximum atomic E-state index is 13.1. The first kappa shape index (κ1) is 15.8. The first-order chi connectivity index (χ1) is 11.8. The molecule has 2 saturated heterocycles. The largest absolute Gasteiger partial charge is 0.361 e. The topological polar surface area (TPSA) is 46.6 Å². The lowest BCUT2D eigenvalue weighted by molar-refractivity contribution is -0.0178. The van der Waals surface area contributed by atoms with Crippen LogP contribution in [0.1, 0.15) is 31.7 Å². The predicted molar refractivity (Wildman–Crippen MR) is 95.7 cm³/mol. The van der Waals surface area contributed by atoms with Gasteiger partial charge in [0, 0.05) is 18.5 Å². The summed E-state index contributed by atoms with van der Waals surface area (Å²) in [5.74, 6) is 0. The molecule has 1 aromatic rings. The Morgan fingerprint density at radius 2 is 1.96 bits per heavy atom. The molecule has 1 aliphatic carbocycles. The molecule has 0 amide bonds. The maximum absolute atomic E-state index is 13.1. The molecule has 5 rings (SSSR count). The molecule has 2 bridgehead atoms. The Labute approximate surface area is 149 Å². The molecule has 4 aliphatic rings. The fourth-order valence-electron chi connectivity index (χ4n) is 5.04. The first-order valence-electron chi connectivity index (χ1n) is 9.00. The highest BCUT2D eigenvalue weighted by Gasteiger charge is 2.65. The molecule has 0 aromatic heterocycles. The van der Waals surface area contributed by atoms with Crippen LogP contribution in [0.3, 0.4) is 0 Å². The van der Waals surface area contributed by atoms with Crippen molar-refractivity contribution in [2.24, 2.45) is 5.41 Å². The lowest BCUT2D eigenvalue weighted by atomic mass is 9.75. The van der Waals surface area contributed by atoms with Gasteiger partial charge in [-0.2, -0.15) is 4.31 Å². The van der Waals surface area contributed by atoms with Gasteiger partial charge in [-0.15, -0.1) is 0 Å². The number of benzene rings is 1. The van der Waals surface area contributed by atoms with Gasteiger partial charge >= 0.3 is 0 Å². The van der Waals surface area contributed by atoms with E-state index >= 15 is 0 Å². The second-order valence-electron chi connectivity index (χ2n) is 8.21. The highest BCUT2D eigenvalue weighted by Crippen LogP contribution is 2.59. The van der Waals surface area contributed by atoms with Crippen molar-refractivity contribution in [1.29, 1.82) is 0 Å². The minimum Gasteiger partial charge on any atom is -0.361 e. The molecule has 1 spiro atoms. The number of aryl methyl sites for hydroxylation is 1. The van der Waals surface area contributed by atoms with E-state index in [9.17, 15) is 8.42 Å². The highest BCUT2D eigenvalue weighted by molar-refractivity contribution is 7.89. The summed E-state index contributed by atoms with van der Waals surface area (Å²) in [4.78, 5) is 0.375. The van der Waals surface area contributed by atoms with Gasteiger partial charge < -0.3 is 4.74 Å². The van der Waals surface area contributed by atoms with Crippen LogP contribution in [0.25, 0.3) is 0 Å². The third kappa shape index (κ3) is 2.03. The summed E-state index contributed by atoms with van der Waals surface area (Å²) in [5.41, 5.74) is 3.18. The van der Waals surface area contributed by atoms with Gasteiger partial charge in [0.05, 0.1) is 11.0 Å². The quantitative estimate of drug-likeness (QED) is 0.817. The number of sulfonamides is 1. The number of fused-ring (bicyclic) bond motifs is 3. The molecule has 0 saturated carbocycles. The van der Waals surface area contributed by atoms with Crippen molar-refractivity contribution in [3.05, 3.63) is 53.1 Å². The zero-order valence-corrected chi connectivity index (χ0v) is 15.5. The molecule has 5 heteroatoms. The molecular weight excluding hydrogens is 334 g/mol. The summed E-state index contributed by atoms with van der Waals surface area (Å²) >= 11 is 0. The Morgan fingerprint density at radius 3 is 2.72 bits per heavy atom. The third-order valence-electron chi connectivity index (χ3n) is 6.51. The van der Waals surface area contributed by atoms with Crippen LogP contribution in [0.5, 0.6) is 0 Å². The molecule has 0 N–H and O–H groups in total. The molecule has 2 fully saturated rings. The van der Waals surface area contributed by atoms with Crippen molar-refractivity contribution in [1.82, 2.24) is 4.31 Å². The van der Waals surface area contributed by atoms with Crippen LogP contribution in [0.4, 0.5) is 0 Å². The van der Waals surface area contributed by atoms with E-state index in [1.165, 1.54) is 11.1 Å². The zero-order valence-electron chi connectivity index (χ0n) is 14.7. The lowest BCUT2D eigenvalue weighted by Crippen LogP contribution is -2.42. The number of ether oxygens (including phenoxy) is 1. The Hall–Kier alpha value is -1.43. The van der Waals surface area contributed by atoms with Crippen LogP contribution in [0.2, 0.25) is 0 Å². The second-order valence-corrected chi connectivity index (χ2v) is 10.2. The predicted octanol–water partition coefficient (Wildman–Crippen LogP) is 3.19. The zero-order chi connectivity index (χ0) is 17.4. The van der Waals surface area contributed by atoms with E-state index in [-0.39, 0.29) is 11.5 Å². The van der Waals surface area contributed by atoms with Crippen molar-refractivity contribution in [2.45, 2.75) is 49.7 Å². The molecule has 3 aliphatic heterocycles. The van der Waals surface area contributed by atoms with Crippen LogP contribution < -0.4 is 0 Å². The van der Waals surface area contributed by atoms with Crippen molar-refractivity contribution >= 4 is 10.0 Å². The average molecular weight is 357 g/mol. The van der Waals surface area contributed by atoms with E-state index in [1.54, 1.807) is 16.4 Å². The fourth-order valence-corrected chi connectivity index (χ4v) is 6.64. The fraction of sp³-hybridized carbons (Fsp3) is 0.500. The van der Waals surface area contributed by atoms with Gasteiger partial charge in [0.2, 0.25) is 10.0 Å². The molecule has 1 aromatic carbocycles. The maximum Gasteiger partial charge on any atom is 0.243 e. The highest BCUT2D eigenvalue weighted by atomic mass is 32.2. The summed E-state index contributed by atoms with van der Waals surface area (Å²) in [6, 6.07) is 7.13. The van der Waals surface area contributed by atoms with Crippen molar-refractivity contribution in [3.63, 3.8) is 0 Å². The van der Waals surface area contributed by atoms with E-state index in [4.69, 9.17) is 4.74 Å². The van der Waals surface area contributed by atoms with Crippen LogP contribution >= 0.6 is 0 Å². The lowest BCUT2D eigenvalue weighted by Gasteiger charge is -2.35. The van der Waals surface area contributed by atoms with Crippen LogP contribution in [0.15, 0.2) is 52.5 Å². The van der Waals surface area contributed by atoms with E-state index in [2.05, 4.69) is 19.1 Å². The molecule has 0 radical (unpaired) electrons. The Morgan fingerprint density at radius 1 is 1.20 bits per heavy atom. The van der Waals surface area contributed by atoms with Crippen molar-refractivity contribution in [3.8, 4) is 0 Å². The Kier molecular flexibility index (Phi) is 3.06. The molecule has 25 heavy (non-hydrogen) atoms. The van der Waals surface area contributed by atoms with Gasteiger partial charge in [-0.25, -0.2) is 8.42 Å². The van der Waals surface area contributed by atoms with E-state index in [1.807, 2.05) is 19.1 Å². The minimum atomic E-state index is -3.49. The van der Waals surface area contributed by atoms with Crippen molar-refractivity contribution < 1.29 is 13.2 Å². The number of allylic oxidation sites excluding steroid dienone is 1. The number of nitrogens with zero attached hydrogens (tertiary/aromatic N) is 1. The van der Waals surface area contributed by atoms with E-state index < -0.39 is 15.6 Å². The SMILES string of the molecule is Cc1ccc(S(=O)(=O)N2CC3(C)CC4OC3(C=C3CCC=C34)C2)cc1. The monoisotopic (exact) mass is 357 g/mol. The van der Waals surface area contributed by atoms with E-state index in [0.29, 0.717) is 18.0 Å². The molecule has 3 heterocycles. The Balaban J connectivity index is 1.53. The van der Waals surface area contributed by atoms with Gasteiger partial charge in [0.1, 0.15) is 5.60 Å². The van der Waals surface area contributed by atoms with E-state index in [0.717, 1.165) is 24.8 Å². The van der Waals surface area contributed by atoms with Gasteiger partial charge in [0.25, 0.3) is 0 Å². The minimum absolute atomic E-state index is 0.150. The Bertz CT molecular complexity index is 915. The molecule has 4 nitrogen and oxygen atoms in total. The average Bonchev–Trinajstić information content (AvgIpc) is 3.17. The molecule has 132 valence electrons. The molecular formula is C20H23NO3S. The summed E-state index contributed by atoms with van der Waals surface area (Å²) < 4.78 is 34.4. The normalized spacial score (nSPS) is 36.8. The third-order valence-corrected chi connectivity index (χ3v) is 8.31. The summed E-state index contributed by atoms with van der Waals surface area (Å²) in [6.07, 6.45) is 7.75.